The Labute approximate surface area is 200 Å². The van der Waals surface area contributed by atoms with E-state index in [-0.39, 0.29) is 29.0 Å². The van der Waals surface area contributed by atoms with E-state index in [2.05, 4.69) is 5.32 Å². The first-order valence-corrected chi connectivity index (χ1v) is 12.9. The third kappa shape index (κ3) is 4.98. The van der Waals surface area contributed by atoms with Gasteiger partial charge in [-0.05, 0) is 49.4 Å². The predicted octanol–water partition coefficient (Wildman–Crippen LogP) is 4.11. The lowest BCUT2D eigenvalue weighted by molar-refractivity contribution is -0.116. The van der Waals surface area contributed by atoms with Gasteiger partial charge in [0.25, 0.3) is 5.91 Å². The van der Waals surface area contributed by atoms with Gasteiger partial charge in [0, 0.05) is 36.3 Å². The van der Waals surface area contributed by atoms with Gasteiger partial charge < -0.3 is 10.2 Å². The Morgan fingerprint density at radius 3 is 2.56 bits per heavy atom. The molecule has 1 saturated heterocycles. The Hall–Kier alpha value is -3.23. The van der Waals surface area contributed by atoms with Crippen molar-refractivity contribution in [3.8, 4) is 0 Å². The summed E-state index contributed by atoms with van der Waals surface area (Å²) >= 11 is 0. The molecule has 0 aliphatic carbocycles. The number of hydrogen-bond acceptors (Lipinski definition) is 4. The van der Waals surface area contributed by atoms with Crippen molar-refractivity contribution >= 4 is 38.3 Å². The van der Waals surface area contributed by atoms with Crippen LogP contribution in [0, 0.1) is 0 Å². The third-order valence-electron chi connectivity index (χ3n) is 6.22. The number of carbonyl (C=O) groups excluding carboxylic acids is 2. The largest absolute Gasteiger partial charge is 0.332 e. The Morgan fingerprint density at radius 1 is 1.03 bits per heavy atom. The molecular formula is C26H29N3O4S. The van der Waals surface area contributed by atoms with Gasteiger partial charge in [0.15, 0.2) is 0 Å². The fraction of sp³-hybridized carbons (Fsp3) is 0.308. The minimum absolute atomic E-state index is 0.0708. The minimum atomic E-state index is -3.69. The number of anilines is 1. The van der Waals surface area contributed by atoms with Crippen LogP contribution in [0.5, 0.6) is 0 Å². The zero-order valence-corrected chi connectivity index (χ0v) is 20.2. The number of nitrogens with one attached hydrogen (secondary N) is 1. The highest BCUT2D eigenvalue weighted by Crippen LogP contribution is 2.26. The third-order valence-corrected chi connectivity index (χ3v) is 8.23. The molecule has 1 fully saturated rings. The molecule has 3 aromatic rings. The smallest absolute Gasteiger partial charge is 0.254 e. The normalized spacial score (nSPS) is 16.8. The summed E-state index contributed by atoms with van der Waals surface area (Å²) in [5.41, 5.74) is 0.902. The average Bonchev–Trinajstić information content (AvgIpc) is 2.84. The summed E-state index contributed by atoms with van der Waals surface area (Å²) < 4.78 is 27.8. The first kappa shape index (κ1) is 23.9. The van der Waals surface area contributed by atoms with Gasteiger partial charge in [0.05, 0.1) is 11.4 Å². The summed E-state index contributed by atoms with van der Waals surface area (Å²) in [6, 6.07) is 19.4. The van der Waals surface area contributed by atoms with E-state index in [1.807, 2.05) is 49.4 Å². The standard InChI is InChI=1S/C26H29N3O4S/c1-19-9-5-6-16-29(19)34(32,33)22-13-7-12-21(17-22)26(31)28(2)18-25(30)27-24-15-8-11-20-10-3-4-14-23(20)24/h3-4,7-8,10-15,17,19H,5-6,9,16,18H2,1-2H3,(H,27,30)/t19-/m0/s1. The van der Waals surface area contributed by atoms with Crippen LogP contribution in [0.3, 0.4) is 0 Å². The van der Waals surface area contributed by atoms with Gasteiger partial charge in [-0.25, -0.2) is 8.42 Å². The van der Waals surface area contributed by atoms with Crippen molar-refractivity contribution in [3.63, 3.8) is 0 Å². The van der Waals surface area contributed by atoms with Crippen molar-refractivity contribution in [1.29, 1.82) is 0 Å². The van der Waals surface area contributed by atoms with E-state index in [4.69, 9.17) is 0 Å². The van der Waals surface area contributed by atoms with Crippen LogP contribution in [0.2, 0.25) is 0 Å². The molecule has 3 aromatic carbocycles. The molecule has 7 nitrogen and oxygen atoms in total. The highest BCUT2D eigenvalue weighted by molar-refractivity contribution is 7.89. The minimum Gasteiger partial charge on any atom is -0.332 e. The van der Waals surface area contributed by atoms with Crippen LogP contribution in [0.1, 0.15) is 36.5 Å². The number of carbonyl (C=O) groups is 2. The first-order chi connectivity index (χ1) is 16.3. The Bertz CT molecular complexity index is 1320. The highest BCUT2D eigenvalue weighted by Gasteiger charge is 2.31. The molecule has 34 heavy (non-hydrogen) atoms. The van der Waals surface area contributed by atoms with Crippen LogP contribution >= 0.6 is 0 Å². The molecule has 2 amide bonds. The molecule has 4 rings (SSSR count). The lowest BCUT2D eigenvalue weighted by atomic mass is 10.1. The van der Waals surface area contributed by atoms with Gasteiger partial charge >= 0.3 is 0 Å². The Balaban J connectivity index is 1.47. The van der Waals surface area contributed by atoms with Gasteiger partial charge in [-0.2, -0.15) is 4.31 Å². The summed E-state index contributed by atoms with van der Waals surface area (Å²) in [6.45, 7) is 2.23. The number of fused-ring (bicyclic) bond motifs is 1. The van der Waals surface area contributed by atoms with Crippen LogP contribution in [0.25, 0.3) is 10.8 Å². The van der Waals surface area contributed by atoms with Gasteiger partial charge in [0.1, 0.15) is 0 Å². The maximum atomic E-state index is 13.2. The summed E-state index contributed by atoms with van der Waals surface area (Å²) in [5.74, 6) is -0.755. The number of nitrogens with zero attached hydrogens (tertiary/aromatic N) is 2. The molecule has 0 saturated carbocycles. The van der Waals surface area contributed by atoms with Gasteiger partial charge in [-0.3, -0.25) is 9.59 Å². The lowest BCUT2D eigenvalue weighted by Crippen LogP contribution is -2.42. The second-order valence-corrected chi connectivity index (χ2v) is 10.6. The van der Waals surface area contributed by atoms with E-state index in [0.29, 0.717) is 12.2 Å². The maximum absolute atomic E-state index is 13.2. The number of benzene rings is 3. The molecule has 178 valence electrons. The zero-order valence-electron chi connectivity index (χ0n) is 19.4. The summed E-state index contributed by atoms with van der Waals surface area (Å²) in [4.78, 5) is 27.1. The second-order valence-electron chi connectivity index (χ2n) is 8.72. The number of likely N-dealkylation sites (N-methyl/N-ethyl adjacent to an activating group) is 1. The number of hydrogen-bond donors (Lipinski definition) is 1. The van der Waals surface area contributed by atoms with Crippen LogP contribution in [-0.2, 0) is 14.8 Å². The van der Waals surface area contributed by atoms with Crippen molar-refractivity contribution in [1.82, 2.24) is 9.21 Å². The molecule has 0 radical (unpaired) electrons. The molecule has 1 atom stereocenters. The molecule has 0 spiro atoms. The monoisotopic (exact) mass is 479 g/mol. The molecule has 8 heteroatoms. The number of rotatable bonds is 6. The molecule has 1 N–H and O–H groups in total. The Kier molecular flexibility index (Phi) is 7.00. The lowest BCUT2D eigenvalue weighted by Gasteiger charge is -2.32. The molecule has 1 heterocycles. The predicted molar refractivity (Wildman–Crippen MR) is 133 cm³/mol. The second kappa shape index (κ2) is 9.95. The van der Waals surface area contributed by atoms with Crippen molar-refractivity contribution in [3.05, 3.63) is 72.3 Å². The average molecular weight is 480 g/mol. The Morgan fingerprint density at radius 2 is 1.76 bits per heavy atom. The van der Waals surface area contributed by atoms with E-state index in [0.717, 1.165) is 30.0 Å². The van der Waals surface area contributed by atoms with E-state index in [1.165, 1.54) is 28.4 Å². The maximum Gasteiger partial charge on any atom is 0.254 e. The summed E-state index contributed by atoms with van der Waals surface area (Å²) in [7, 11) is -2.17. The summed E-state index contributed by atoms with van der Waals surface area (Å²) in [5, 5.41) is 4.79. The van der Waals surface area contributed by atoms with E-state index in [9.17, 15) is 18.0 Å². The molecule has 0 aromatic heterocycles. The fourth-order valence-corrected chi connectivity index (χ4v) is 6.13. The van der Waals surface area contributed by atoms with Crippen LogP contribution in [-0.4, -0.2) is 55.6 Å². The van der Waals surface area contributed by atoms with Crippen molar-refractivity contribution in [2.24, 2.45) is 0 Å². The molecule has 0 unspecified atom stereocenters. The molecular weight excluding hydrogens is 450 g/mol. The topological polar surface area (TPSA) is 86.8 Å². The van der Waals surface area contributed by atoms with Crippen molar-refractivity contribution < 1.29 is 18.0 Å². The van der Waals surface area contributed by atoms with Crippen molar-refractivity contribution in [2.75, 3.05) is 25.5 Å². The number of piperidine rings is 1. The quantitative estimate of drug-likeness (QED) is 0.576. The summed E-state index contributed by atoms with van der Waals surface area (Å²) in [6.07, 6.45) is 2.67. The van der Waals surface area contributed by atoms with Crippen LogP contribution in [0.4, 0.5) is 5.69 Å². The highest BCUT2D eigenvalue weighted by atomic mass is 32.2. The fourth-order valence-electron chi connectivity index (χ4n) is 4.39. The van der Waals surface area contributed by atoms with Gasteiger partial charge in [0.2, 0.25) is 15.9 Å². The molecule has 1 aliphatic rings. The van der Waals surface area contributed by atoms with Crippen LogP contribution < -0.4 is 5.32 Å². The number of amides is 2. The number of sulfonamides is 1. The van der Waals surface area contributed by atoms with Crippen LogP contribution in [0.15, 0.2) is 71.6 Å². The van der Waals surface area contributed by atoms with E-state index in [1.54, 1.807) is 12.1 Å². The van der Waals surface area contributed by atoms with Gasteiger partial charge in [-0.1, -0.05) is 48.9 Å². The first-order valence-electron chi connectivity index (χ1n) is 11.4. The van der Waals surface area contributed by atoms with Gasteiger partial charge in [-0.15, -0.1) is 0 Å². The molecule has 1 aliphatic heterocycles. The van der Waals surface area contributed by atoms with E-state index < -0.39 is 15.9 Å². The SMILES string of the molecule is C[C@H]1CCCCN1S(=O)(=O)c1cccc(C(=O)N(C)CC(=O)Nc2cccc3ccccc23)c1. The van der Waals surface area contributed by atoms with E-state index >= 15 is 0 Å². The molecule has 0 bridgehead atoms. The van der Waals surface area contributed by atoms with Crippen molar-refractivity contribution in [2.45, 2.75) is 37.1 Å². The zero-order chi connectivity index (χ0) is 24.3.